The number of benzene rings is 1. The number of carbonyl (C=O) groups excluding carboxylic acids is 1. The van der Waals surface area contributed by atoms with E-state index in [-0.39, 0.29) is 29.2 Å². The lowest BCUT2D eigenvalue weighted by Crippen LogP contribution is -2.42. The molecule has 3 aliphatic rings. The van der Waals surface area contributed by atoms with Gasteiger partial charge in [0, 0.05) is 24.0 Å². The molecule has 160 valence electrons. The molecule has 1 amide bonds. The zero-order chi connectivity index (χ0) is 21.2. The first kappa shape index (κ1) is 20.7. The Kier molecular flexibility index (Phi) is 4.81. The highest BCUT2D eigenvalue weighted by Gasteiger charge is 2.59. The van der Waals surface area contributed by atoms with Crippen molar-refractivity contribution in [1.29, 1.82) is 0 Å². The Hall–Kier alpha value is -1.54. The Morgan fingerprint density at radius 1 is 1.24 bits per heavy atom. The van der Waals surface area contributed by atoms with Gasteiger partial charge in [-0.2, -0.15) is 0 Å². The van der Waals surface area contributed by atoms with Crippen molar-refractivity contribution in [3.8, 4) is 5.75 Å². The Bertz CT molecular complexity index is 842. The molecule has 1 aromatic rings. The standard InChI is InChI=1S/C20H23ClF4N2O2/c21-13-7-11(28)6-12(15(13)22)16(18-1-3-19(23,9-18)4-2-18)27-17(29)10-5-14(26)20(24,25)8-10/h6-7,10,14,16,28H,1-5,8-9,26H2,(H,27,29)/t10-,14-,16+,18?,19?/m0/s1. The number of phenolic OH excluding ortho intramolecular Hbond substituents is 1. The lowest BCUT2D eigenvalue weighted by atomic mass is 9.74. The average Bonchev–Trinajstić information content (AvgIpc) is 3.25. The molecule has 0 heterocycles. The van der Waals surface area contributed by atoms with Gasteiger partial charge in [-0.15, -0.1) is 0 Å². The van der Waals surface area contributed by atoms with Gasteiger partial charge in [-0.25, -0.2) is 17.6 Å². The van der Waals surface area contributed by atoms with Gasteiger partial charge in [0.15, 0.2) is 0 Å². The quantitative estimate of drug-likeness (QED) is 0.615. The number of fused-ring (bicyclic) bond motifs is 2. The summed E-state index contributed by atoms with van der Waals surface area (Å²) in [6.07, 6.45) is 0.686. The van der Waals surface area contributed by atoms with E-state index in [2.05, 4.69) is 5.32 Å². The van der Waals surface area contributed by atoms with Crippen molar-refractivity contribution in [2.45, 2.75) is 68.6 Å². The van der Waals surface area contributed by atoms with Crippen LogP contribution in [0.5, 0.6) is 5.75 Å². The van der Waals surface area contributed by atoms with Gasteiger partial charge in [0.05, 0.1) is 17.1 Å². The number of aromatic hydroxyl groups is 1. The summed E-state index contributed by atoms with van der Waals surface area (Å²) >= 11 is 5.88. The summed E-state index contributed by atoms with van der Waals surface area (Å²) in [5.41, 5.74) is 3.27. The number of alkyl halides is 3. The van der Waals surface area contributed by atoms with Gasteiger partial charge in [-0.1, -0.05) is 11.6 Å². The molecule has 2 bridgehead atoms. The summed E-state index contributed by atoms with van der Waals surface area (Å²) in [6.45, 7) is 0. The number of nitrogens with two attached hydrogens (primary N) is 1. The Balaban J connectivity index is 1.68. The van der Waals surface area contributed by atoms with Gasteiger partial charge in [-0.3, -0.25) is 4.79 Å². The molecule has 3 fully saturated rings. The van der Waals surface area contributed by atoms with Gasteiger partial charge < -0.3 is 16.2 Å². The zero-order valence-electron chi connectivity index (χ0n) is 15.7. The monoisotopic (exact) mass is 434 g/mol. The maximum absolute atomic E-state index is 14.9. The molecular weight excluding hydrogens is 412 g/mol. The molecule has 0 unspecified atom stereocenters. The third-order valence-electron chi connectivity index (χ3n) is 7.03. The average molecular weight is 435 g/mol. The highest BCUT2D eigenvalue weighted by atomic mass is 35.5. The van der Waals surface area contributed by atoms with E-state index in [0.29, 0.717) is 25.7 Å². The van der Waals surface area contributed by atoms with Crippen molar-refractivity contribution < 1.29 is 27.5 Å². The number of phenols is 1. The summed E-state index contributed by atoms with van der Waals surface area (Å²) in [5.74, 6) is -5.95. The van der Waals surface area contributed by atoms with Crippen molar-refractivity contribution in [1.82, 2.24) is 5.32 Å². The Morgan fingerprint density at radius 2 is 1.90 bits per heavy atom. The molecule has 4 N–H and O–H groups in total. The third-order valence-corrected chi connectivity index (χ3v) is 7.31. The number of carbonyl (C=O) groups is 1. The molecule has 3 atom stereocenters. The maximum atomic E-state index is 14.9. The van der Waals surface area contributed by atoms with Crippen LogP contribution in [0.25, 0.3) is 0 Å². The first-order valence-corrected chi connectivity index (χ1v) is 10.1. The van der Waals surface area contributed by atoms with E-state index in [1.165, 1.54) is 0 Å². The minimum absolute atomic E-state index is 0.0523. The van der Waals surface area contributed by atoms with Crippen LogP contribution in [0.3, 0.4) is 0 Å². The second-order valence-corrected chi connectivity index (χ2v) is 9.37. The highest BCUT2D eigenvalue weighted by molar-refractivity contribution is 6.31. The van der Waals surface area contributed by atoms with Crippen LogP contribution < -0.4 is 11.1 Å². The second kappa shape index (κ2) is 6.74. The predicted octanol–water partition coefficient (Wildman–Crippen LogP) is 4.39. The molecule has 4 rings (SSSR count). The number of amides is 1. The third kappa shape index (κ3) is 3.48. The summed E-state index contributed by atoms with van der Waals surface area (Å²) in [4.78, 5) is 12.8. The van der Waals surface area contributed by atoms with Crippen molar-refractivity contribution in [3.63, 3.8) is 0 Å². The van der Waals surface area contributed by atoms with Gasteiger partial charge in [-0.05, 0) is 50.0 Å². The van der Waals surface area contributed by atoms with E-state index in [0.717, 1.165) is 12.1 Å². The van der Waals surface area contributed by atoms with Crippen LogP contribution in [0.4, 0.5) is 17.6 Å². The molecule has 3 saturated carbocycles. The van der Waals surface area contributed by atoms with E-state index < -0.39 is 53.2 Å². The fraction of sp³-hybridized carbons (Fsp3) is 0.650. The van der Waals surface area contributed by atoms with E-state index >= 15 is 0 Å². The number of hydrogen-bond acceptors (Lipinski definition) is 3. The Morgan fingerprint density at radius 3 is 2.41 bits per heavy atom. The van der Waals surface area contributed by atoms with Crippen molar-refractivity contribution in [3.05, 3.63) is 28.5 Å². The zero-order valence-corrected chi connectivity index (χ0v) is 16.4. The number of rotatable bonds is 4. The largest absolute Gasteiger partial charge is 0.508 e. The topological polar surface area (TPSA) is 75.4 Å². The normalized spacial score (nSPS) is 36.3. The van der Waals surface area contributed by atoms with E-state index in [1.54, 1.807) is 0 Å². The summed E-state index contributed by atoms with van der Waals surface area (Å²) in [5, 5.41) is 12.3. The summed E-state index contributed by atoms with van der Waals surface area (Å²) in [6, 6.07) is -0.202. The second-order valence-electron chi connectivity index (χ2n) is 8.97. The fourth-order valence-corrected chi connectivity index (χ4v) is 5.66. The molecule has 0 saturated heterocycles. The van der Waals surface area contributed by atoms with E-state index in [1.807, 2.05) is 0 Å². The first-order valence-electron chi connectivity index (χ1n) is 9.75. The summed E-state index contributed by atoms with van der Waals surface area (Å²) < 4.78 is 57.4. The first-order chi connectivity index (χ1) is 13.4. The van der Waals surface area contributed by atoms with Crippen LogP contribution in [-0.2, 0) is 4.79 Å². The lowest BCUT2D eigenvalue weighted by molar-refractivity contribution is -0.127. The van der Waals surface area contributed by atoms with E-state index in [4.69, 9.17) is 17.3 Å². The highest BCUT2D eigenvalue weighted by Crippen LogP contribution is 2.63. The molecule has 0 radical (unpaired) electrons. The molecule has 1 aromatic carbocycles. The van der Waals surface area contributed by atoms with Gasteiger partial charge in [0.25, 0.3) is 5.92 Å². The van der Waals surface area contributed by atoms with Crippen LogP contribution in [-0.4, -0.2) is 28.6 Å². The number of nitrogens with one attached hydrogen (secondary N) is 1. The smallest absolute Gasteiger partial charge is 0.263 e. The molecule has 3 aliphatic carbocycles. The SMILES string of the molecule is N[C@H]1C[C@H](C(=O)N[C@H](c2cc(O)cc(Cl)c2F)C23CCC(F)(CC2)C3)CC1(F)F. The molecule has 4 nitrogen and oxygen atoms in total. The number of halogens is 5. The minimum atomic E-state index is -3.15. The molecule has 9 heteroatoms. The molecule has 29 heavy (non-hydrogen) atoms. The van der Waals surface area contributed by atoms with E-state index in [9.17, 15) is 27.5 Å². The predicted molar refractivity (Wildman–Crippen MR) is 99.0 cm³/mol. The molecule has 0 aliphatic heterocycles. The van der Waals surface area contributed by atoms with Crippen LogP contribution in [0.15, 0.2) is 12.1 Å². The van der Waals surface area contributed by atoms with Crippen LogP contribution in [0, 0.1) is 17.2 Å². The van der Waals surface area contributed by atoms with Crippen molar-refractivity contribution in [2.75, 3.05) is 0 Å². The summed E-state index contributed by atoms with van der Waals surface area (Å²) in [7, 11) is 0. The van der Waals surface area contributed by atoms with Crippen LogP contribution >= 0.6 is 11.6 Å². The molecule has 0 spiro atoms. The van der Waals surface area contributed by atoms with Gasteiger partial charge >= 0.3 is 0 Å². The van der Waals surface area contributed by atoms with Crippen molar-refractivity contribution in [2.24, 2.45) is 17.1 Å². The van der Waals surface area contributed by atoms with Gasteiger partial charge in [0.1, 0.15) is 17.2 Å². The number of hydrogen-bond donors (Lipinski definition) is 3. The van der Waals surface area contributed by atoms with Crippen molar-refractivity contribution >= 4 is 17.5 Å². The Labute approximate surface area is 170 Å². The lowest BCUT2D eigenvalue weighted by Gasteiger charge is -2.37. The van der Waals surface area contributed by atoms with Gasteiger partial charge in [0.2, 0.25) is 5.91 Å². The maximum Gasteiger partial charge on any atom is 0.263 e. The fourth-order valence-electron chi connectivity index (χ4n) is 5.44. The molecule has 0 aromatic heterocycles. The minimum Gasteiger partial charge on any atom is -0.508 e. The van der Waals surface area contributed by atoms with Crippen LogP contribution in [0.2, 0.25) is 5.02 Å². The molecular formula is C20H23ClF4N2O2. The van der Waals surface area contributed by atoms with Crippen LogP contribution in [0.1, 0.15) is 56.6 Å².